The lowest BCUT2D eigenvalue weighted by atomic mass is 9.48. The van der Waals surface area contributed by atoms with E-state index in [2.05, 4.69) is 10.5 Å². The first-order valence-electron chi connectivity index (χ1n) is 8.49. The third-order valence-corrected chi connectivity index (χ3v) is 5.89. The quantitative estimate of drug-likeness (QED) is 0.675. The van der Waals surface area contributed by atoms with Crippen LogP contribution < -0.4 is 5.43 Å². The van der Waals surface area contributed by atoms with Crippen LogP contribution in [0, 0.1) is 23.2 Å². The second-order valence-electron chi connectivity index (χ2n) is 7.86. The fourth-order valence-corrected chi connectivity index (χ4v) is 5.70. The molecule has 5 rings (SSSR count). The Labute approximate surface area is 131 Å². The molecule has 118 valence electrons. The molecule has 0 saturated heterocycles. The molecule has 0 atom stereocenters. The number of carbonyl (C=O) groups excluding carboxylic acids is 1. The number of nitrogens with zero attached hydrogens (tertiary/aromatic N) is 1. The van der Waals surface area contributed by atoms with Crippen LogP contribution in [0.4, 0.5) is 0 Å². The van der Waals surface area contributed by atoms with Crippen LogP contribution in [0.3, 0.4) is 0 Å². The zero-order valence-electron chi connectivity index (χ0n) is 13.2. The molecule has 22 heavy (non-hydrogen) atoms. The summed E-state index contributed by atoms with van der Waals surface area (Å²) < 4.78 is 5.08. The van der Waals surface area contributed by atoms with Gasteiger partial charge in [0.25, 0.3) is 0 Å². The Kier molecular flexibility index (Phi) is 3.35. The molecule has 4 aliphatic rings. The third kappa shape index (κ3) is 2.59. The molecule has 4 heteroatoms. The molecule has 1 N–H and O–H groups in total. The number of nitrogens with one attached hydrogen (secondary N) is 1. The molecular weight excluding hydrogens is 276 g/mol. The summed E-state index contributed by atoms with van der Waals surface area (Å²) in [4.78, 5) is 11.9. The van der Waals surface area contributed by atoms with E-state index in [4.69, 9.17) is 4.42 Å². The SMILES string of the molecule is C/C(CC12CC3CC(CC(C3)C1)C2)=N\NC(=O)c1ccco1. The highest BCUT2D eigenvalue weighted by atomic mass is 16.3. The third-order valence-electron chi connectivity index (χ3n) is 5.89. The van der Waals surface area contributed by atoms with Gasteiger partial charge in [-0.25, -0.2) is 5.43 Å². The lowest BCUT2D eigenvalue weighted by molar-refractivity contribution is -0.0482. The van der Waals surface area contributed by atoms with Crippen LogP contribution in [0.5, 0.6) is 0 Å². The highest BCUT2D eigenvalue weighted by molar-refractivity contribution is 5.92. The molecule has 4 saturated carbocycles. The topological polar surface area (TPSA) is 54.6 Å². The van der Waals surface area contributed by atoms with Gasteiger partial charge in [0.1, 0.15) is 0 Å². The summed E-state index contributed by atoms with van der Waals surface area (Å²) in [6.07, 6.45) is 11.0. The number of hydrazone groups is 1. The summed E-state index contributed by atoms with van der Waals surface area (Å²) in [5.74, 6) is 2.91. The van der Waals surface area contributed by atoms with Crippen molar-refractivity contribution in [2.24, 2.45) is 28.3 Å². The predicted octanol–water partition coefficient (Wildman–Crippen LogP) is 3.99. The van der Waals surface area contributed by atoms with Crippen molar-refractivity contribution in [1.82, 2.24) is 5.43 Å². The highest BCUT2D eigenvalue weighted by Gasteiger charge is 2.50. The normalized spacial score (nSPS) is 36.6. The van der Waals surface area contributed by atoms with Crippen molar-refractivity contribution < 1.29 is 9.21 Å². The zero-order chi connectivity index (χ0) is 15.2. The molecule has 1 amide bonds. The molecule has 0 aliphatic heterocycles. The van der Waals surface area contributed by atoms with Crippen LogP contribution in [0.25, 0.3) is 0 Å². The smallest absolute Gasteiger partial charge is 0.307 e. The summed E-state index contributed by atoms with van der Waals surface area (Å²) in [5, 5.41) is 4.31. The highest BCUT2D eigenvalue weighted by Crippen LogP contribution is 2.61. The molecule has 1 aromatic rings. The van der Waals surface area contributed by atoms with Crippen LogP contribution in [0.1, 0.15) is 62.4 Å². The van der Waals surface area contributed by atoms with E-state index in [9.17, 15) is 4.79 Å². The number of amides is 1. The van der Waals surface area contributed by atoms with Gasteiger partial charge in [0.15, 0.2) is 5.76 Å². The largest absolute Gasteiger partial charge is 0.459 e. The minimum absolute atomic E-state index is 0.269. The van der Waals surface area contributed by atoms with E-state index in [-0.39, 0.29) is 5.91 Å². The standard InChI is InChI=1S/C18H24N2O2/c1-12(19-20-17(21)16-3-2-4-22-16)8-18-9-13-5-14(10-18)7-15(6-13)11-18/h2-4,13-15H,5-11H2,1H3,(H,20,21)/b19-12+. The number of hydrogen-bond acceptors (Lipinski definition) is 3. The zero-order valence-corrected chi connectivity index (χ0v) is 13.2. The Morgan fingerprint density at radius 2 is 1.91 bits per heavy atom. The van der Waals surface area contributed by atoms with Gasteiger partial charge in [0.2, 0.25) is 0 Å². The van der Waals surface area contributed by atoms with Crippen molar-refractivity contribution in [2.45, 2.75) is 51.9 Å². The van der Waals surface area contributed by atoms with Gasteiger partial charge in [0, 0.05) is 5.71 Å². The first kappa shape index (κ1) is 14.0. The maximum absolute atomic E-state index is 11.9. The maximum atomic E-state index is 11.9. The lowest BCUT2D eigenvalue weighted by Gasteiger charge is -2.57. The van der Waals surface area contributed by atoms with Crippen molar-refractivity contribution in [3.8, 4) is 0 Å². The predicted molar refractivity (Wildman–Crippen MR) is 84.5 cm³/mol. The van der Waals surface area contributed by atoms with E-state index >= 15 is 0 Å². The van der Waals surface area contributed by atoms with Gasteiger partial charge in [-0.1, -0.05) is 0 Å². The van der Waals surface area contributed by atoms with Crippen molar-refractivity contribution in [2.75, 3.05) is 0 Å². The molecule has 4 bridgehead atoms. The van der Waals surface area contributed by atoms with E-state index in [1.807, 2.05) is 6.92 Å². The number of rotatable bonds is 4. The van der Waals surface area contributed by atoms with Gasteiger partial charge < -0.3 is 4.42 Å². The van der Waals surface area contributed by atoms with E-state index < -0.39 is 0 Å². The van der Waals surface area contributed by atoms with Crippen LogP contribution in [0.2, 0.25) is 0 Å². The number of furan rings is 1. The van der Waals surface area contributed by atoms with Gasteiger partial charge in [-0.2, -0.15) is 5.10 Å². The lowest BCUT2D eigenvalue weighted by Crippen LogP contribution is -2.46. The fraction of sp³-hybridized carbons (Fsp3) is 0.667. The fourth-order valence-electron chi connectivity index (χ4n) is 5.70. The minimum atomic E-state index is -0.269. The van der Waals surface area contributed by atoms with E-state index in [1.54, 1.807) is 12.1 Å². The average Bonchev–Trinajstić information content (AvgIpc) is 2.97. The summed E-state index contributed by atoms with van der Waals surface area (Å²) in [7, 11) is 0. The number of carbonyl (C=O) groups is 1. The molecule has 0 aromatic carbocycles. The number of hydrogen-bond donors (Lipinski definition) is 1. The van der Waals surface area contributed by atoms with Crippen LogP contribution in [-0.2, 0) is 0 Å². The first-order valence-corrected chi connectivity index (χ1v) is 8.49. The minimum Gasteiger partial charge on any atom is -0.459 e. The molecule has 1 aromatic heterocycles. The Morgan fingerprint density at radius 1 is 1.27 bits per heavy atom. The molecule has 0 radical (unpaired) electrons. The molecule has 0 unspecified atom stereocenters. The Hall–Kier alpha value is -1.58. The second-order valence-corrected chi connectivity index (χ2v) is 7.86. The molecule has 0 spiro atoms. The van der Waals surface area contributed by atoms with E-state index in [0.717, 1.165) is 29.9 Å². The van der Waals surface area contributed by atoms with Crippen LogP contribution in [-0.4, -0.2) is 11.6 Å². The van der Waals surface area contributed by atoms with Gasteiger partial charge in [-0.3, -0.25) is 4.79 Å². The van der Waals surface area contributed by atoms with Gasteiger partial charge in [-0.05, 0) is 87.2 Å². The van der Waals surface area contributed by atoms with Crippen LogP contribution in [0.15, 0.2) is 27.9 Å². The molecular formula is C18H24N2O2. The molecule has 4 fully saturated rings. The Morgan fingerprint density at radius 3 is 2.45 bits per heavy atom. The summed E-state index contributed by atoms with van der Waals surface area (Å²) in [6.45, 7) is 2.04. The van der Waals surface area contributed by atoms with Gasteiger partial charge >= 0.3 is 5.91 Å². The molecule has 1 heterocycles. The van der Waals surface area contributed by atoms with Crippen molar-refractivity contribution in [3.05, 3.63) is 24.2 Å². The average molecular weight is 300 g/mol. The van der Waals surface area contributed by atoms with Gasteiger partial charge in [0.05, 0.1) is 6.26 Å². The Balaban J connectivity index is 1.40. The summed E-state index contributed by atoms with van der Waals surface area (Å²) in [5.41, 5.74) is 4.14. The summed E-state index contributed by atoms with van der Waals surface area (Å²) >= 11 is 0. The van der Waals surface area contributed by atoms with Crippen molar-refractivity contribution >= 4 is 11.6 Å². The van der Waals surface area contributed by atoms with Crippen molar-refractivity contribution in [3.63, 3.8) is 0 Å². The van der Waals surface area contributed by atoms with E-state index in [0.29, 0.717) is 11.2 Å². The van der Waals surface area contributed by atoms with Crippen molar-refractivity contribution in [1.29, 1.82) is 0 Å². The Bertz CT molecular complexity index is 553. The first-order chi connectivity index (χ1) is 10.6. The van der Waals surface area contributed by atoms with Crippen LogP contribution >= 0.6 is 0 Å². The molecule has 4 aliphatic carbocycles. The second kappa shape index (κ2) is 5.25. The monoisotopic (exact) mass is 300 g/mol. The van der Waals surface area contributed by atoms with Gasteiger partial charge in [-0.15, -0.1) is 0 Å². The molecule has 4 nitrogen and oxygen atoms in total. The summed E-state index contributed by atoms with van der Waals surface area (Å²) in [6, 6.07) is 3.36. The van der Waals surface area contributed by atoms with E-state index in [1.165, 1.54) is 44.8 Å². The maximum Gasteiger partial charge on any atom is 0.307 e.